The van der Waals surface area contributed by atoms with Crippen molar-refractivity contribution in [3.05, 3.63) is 23.8 Å². The van der Waals surface area contributed by atoms with Gasteiger partial charge in [0.15, 0.2) is 23.3 Å². The van der Waals surface area contributed by atoms with Crippen molar-refractivity contribution in [2.75, 3.05) is 38.6 Å². The maximum absolute atomic E-state index is 12.4. The molecule has 8 heteroatoms. The van der Waals surface area contributed by atoms with Crippen molar-refractivity contribution in [2.24, 2.45) is 4.99 Å². The van der Waals surface area contributed by atoms with Crippen molar-refractivity contribution in [3.8, 4) is 11.5 Å². The topological polar surface area (TPSA) is 80.2 Å². The van der Waals surface area contributed by atoms with Crippen molar-refractivity contribution < 1.29 is 19.1 Å². The Bertz CT molecular complexity index is 717. The van der Waals surface area contributed by atoms with Gasteiger partial charge in [-0.25, -0.2) is 0 Å². The van der Waals surface area contributed by atoms with Gasteiger partial charge in [-0.15, -0.1) is 0 Å². The lowest BCUT2D eigenvalue weighted by Crippen LogP contribution is -2.38. The van der Waals surface area contributed by atoms with Gasteiger partial charge in [-0.2, -0.15) is 0 Å². The molecule has 3 rings (SSSR count). The SMILES string of the molecule is CCOc1cc(C(=O)NC2=NCCS2)ccc1OCC(=O)N1CCCCC1. The van der Waals surface area contributed by atoms with Crippen LogP contribution in [0.5, 0.6) is 11.5 Å². The molecule has 2 aliphatic rings. The highest BCUT2D eigenvalue weighted by molar-refractivity contribution is 8.14. The smallest absolute Gasteiger partial charge is 0.260 e. The normalized spacial score (nSPS) is 16.6. The number of amidine groups is 1. The number of carbonyl (C=O) groups is 2. The number of rotatable bonds is 6. The second-order valence-electron chi connectivity index (χ2n) is 6.31. The highest BCUT2D eigenvalue weighted by atomic mass is 32.2. The van der Waals surface area contributed by atoms with Crippen LogP contribution in [0.15, 0.2) is 23.2 Å². The Kier molecular flexibility index (Phi) is 6.98. The molecule has 0 atom stereocenters. The zero-order valence-corrected chi connectivity index (χ0v) is 16.3. The molecule has 27 heavy (non-hydrogen) atoms. The molecule has 1 saturated heterocycles. The molecule has 1 aromatic carbocycles. The van der Waals surface area contributed by atoms with Crippen LogP contribution in [0.3, 0.4) is 0 Å². The van der Waals surface area contributed by atoms with E-state index in [-0.39, 0.29) is 18.4 Å². The fourth-order valence-corrected chi connectivity index (χ4v) is 3.71. The molecule has 2 heterocycles. The molecule has 1 aromatic rings. The van der Waals surface area contributed by atoms with Crippen LogP contribution in [0, 0.1) is 0 Å². The average Bonchev–Trinajstić information content (AvgIpc) is 3.20. The molecule has 0 unspecified atom stereocenters. The number of amides is 2. The monoisotopic (exact) mass is 391 g/mol. The van der Waals surface area contributed by atoms with Gasteiger partial charge in [-0.1, -0.05) is 11.8 Å². The van der Waals surface area contributed by atoms with Crippen LogP contribution in [-0.2, 0) is 4.79 Å². The number of piperidine rings is 1. The molecule has 1 N–H and O–H groups in total. The fourth-order valence-electron chi connectivity index (χ4n) is 2.99. The van der Waals surface area contributed by atoms with Gasteiger partial charge in [0.05, 0.1) is 13.2 Å². The summed E-state index contributed by atoms with van der Waals surface area (Å²) in [6.07, 6.45) is 3.26. The number of likely N-dealkylation sites (tertiary alicyclic amines) is 1. The van der Waals surface area contributed by atoms with Crippen molar-refractivity contribution in [2.45, 2.75) is 26.2 Å². The van der Waals surface area contributed by atoms with E-state index in [4.69, 9.17) is 9.47 Å². The Balaban J connectivity index is 1.63. The minimum Gasteiger partial charge on any atom is -0.490 e. The summed E-state index contributed by atoms with van der Waals surface area (Å²) in [6, 6.07) is 4.98. The number of nitrogens with zero attached hydrogens (tertiary/aromatic N) is 2. The molecule has 0 radical (unpaired) electrons. The Labute approximate surface area is 163 Å². The second kappa shape index (κ2) is 9.64. The van der Waals surface area contributed by atoms with Gasteiger partial charge >= 0.3 is 0 Å². The van der Waals surface area contributed by atoms with Crippen molar-refractivity contribution in [3.63, 3.8) is 0 Å². The summed E-state index contributed by atoms with van der Waals surface area (Å²) in [5.74, 6) is 1.55. The molecule has 0 aliphatic carbocycles. The van der Waals surface area contributed by atoms with Crippen LogP contribution >= 0.6 is 11.8 Å². The van der Waals surface area contributed by atoms with Crippen LogP contribution in [0.2, 0.25) is 0 Å². The number of hydrogen-bond acceptors (Lipinski definition) is 6. The third kappa shape index (κ3) is 5.38. The molecule has 0 saturated carbocycles. The molecule has 0 aromatic heterocycles. The first-order valence-electron chi connectivity index (χ1n) is 9.33. The summed E-state index contributed by atoms with van der Waals surface area (Å²) in [6.45, 7) is 4.58. The predicted molar refractivity (Wildman–Crippen MR) is 106 cm³/mol. The first kappa shape index (κ1) is 19.5. The van der Waals surface area contributed by atoms with E-state index in [0.29, 0.717) is 28.8 Å². The Morgan fingerprint density at radius 3 is 2.70 bits per heavy atom. The summed E-state index contributed by atoms with van der Waals surface area (Å²) >= 11 is 1.53. The van der Waals surface area contributed by atoms with Gasteiger partial charge in [0.2, 0.25) is 0 Å². The van der Waals surface area contributed by atoms with Gasteiger partial charge in [0.1, 0.15) is 0 Å². The average molecular weight is 391 g/mol. The zero-order valence-electron chi connectivity index (χ0n) is 15.5. The lowest BCUT2D eigenvalue weighted by molar-refractivity contribution is -0.134. The lowest BCUT2D eigenvalue weighted by Gasteiger charge is -2.26. The van der Waals surface area contributed by atoms with Crippen molar-refractivity contribution in [1.29, 1.82) is 0 Å². The van der Waals surface area contributed by atoms with E-state index in [2.05, 4.69) is 10.3 Å². The van der Waals surface area contributed by atoms with Crippen LogP contribution in [0.4, 0.5) is 0 Å². The van der Waals surface area contributed by atoms with Crippen LogP contribution in [-0.4, -0.2) is 60.5 Å². The van der Waals surface area contributed by atoms with E-state index in [1.807, 2.05) is 11.8 Å². The number of nitrogens with one attached hydrogen (secondary N) is 1. The summed E-state index contributed by atoms with van der Waals surface area (Å²) in [5, 5.41) is 3.44. The van der Waals surface area contributed by atoms with E-state index >= 15 is 0 Å². The maximum Gasteiger partial charge on any atom is 0.260 e. The summed E-state index contributed by atoms with van der Waals surface area (Å²) in [4.78, 5) is 30.7. The molecule has 1 fully saturated rings. The molecular weight excluding hydrogens is 366 g/mol. The molecule has 0 bridgehead atoms. The van der Waals surface area contributed by atoms with Crippen LogP contribution < -0.4 is 14.8 Å². The number of ether oxygens (including phenoxy) is 2. The van der Waals surface area contributed by atoms with Crippen LogP contribution in [0.1, 0.15) is 36.5 Å². The molecule has 7 nitrogen and oxygen atoms in total. The quantitative estimate of drug-likeness (QED) is 0.805. The standard InChI is InChI=1S/C19H25N3O4S/c1-2-25-16-12-14(18(24)21-19-20-8-11-27-19)6-7-15(16)26-13-17(23)22-9-4-3-5-10-22/h6-7,12H,2-5,8-11,13H2,1H3,(H,20,21,24). The fraction of sp³-hybridized carbons (Fsp3) is 0.526. The predicted octanol–water partition coefficient (Wildman–Crippen LogP) is 2.31. The molecule has 0 spiro atoms. The number of carbonyl (C=O) groups excluding carboxylic acids is 2. The Hall–Kier alpha value is -2.22. The van der Waals surface area contributed by atoms with Gasteiger partial charge in [-0.05, 0) is 44.4 Å². The van der Waals surface area contributed by atoms with Gasteiger partial charge in [0, 0.05) is 24.4 Å². The maximum atomic E-state index is 12.4. The first-order chi connectivity index (χ1) is 13.2. The minimum absolute atomic E-state index is 0.0183. The molecule has 146 valence electrons. The lowest BCUT2D eigenvalue weighted by atomic mass is 10.1. The first-order valence-corrected chi connectivity index (χ1v) is 10.3. The van der Waals surface area contributed by atoms with Crippen molar-refractivity contribution >= 4 is 28.7 Å². The minimum atomic E-state index is -0.236. The van der Waals surface area contributed by atoms with Crippen molar-refractivity contribution in [1.82, 2.24) is 10.2 Å². The van der Waals surface area contributed by atoms with E-state index in [9.17, 15) is 9.59 Å². The Morgan fingerprint density at radius 1 is 1.19 bits per heavy atom. The number of aliphatic imine (C=N–C) groups is 1. The third-order valence-corrected chi connectivity index (χ3v) is 5.26. The second-order valence-corrected chi connectivity index (χ2v) is 7.40. The highest BCUT2D eigenvalue weighted by Crippen LogP contribution is 2.29. The Morgan fingerprint density at radius 2 is 2.00 bits per heavy atom. The molecule has 2 amide bonds. The van der Waals surface area contributed by atoms with Gasteiger partial charge in [0.25, 0.3) is 11.8 Å². The number of benzene rings is 1. The largest absolute Gasteiger partial charge is 0.490 e. The molecule has 2 aliphatic heterocycles. The summed E-state index contributed by atoms with van der Waals surface area (Å²) in [5.41, 5.74) is 0.461. The number of hydrogen-bond donors (Lipinski definition) is 1. The van der Waals surface area contributed by atoms with Gasteiger partial charge in [-0.3, -0.25) is 14.6 Å². The zero-order chi connectivity index (χ0) is 19.1. The highest BCUT2D eigenvalue weighted by Gasteiger charge is 2.19. The van der Waals surface area contributed by atoms with E-state index in [1.54, 1.807) is 18.2 Å². The van der Waals surface area contributed by atoms with Gasteiger partial charge < -0.3 is 19.7 Å². The van der Waals surface area contributed by atoms with E-state index in [0.717, 1.165) is 38.2 Å². The third-order valence-electron chi connectivity index (χ3n) is 4.37. The number of thioether (sulfide) groups is 1. The summed E-state index contributed by atoms with van der Waals surface area (Å²) < 4.78 is 11.3. The summed E-state index contributed by atoms with van der Waals surface area (Å²) in [7, 11) is 0. The molecular formula is C19H25N3O4S. The van der Waals surface area contributed by atoms with E-state index in [1.165, 1.54) is 18.2 Å². The van der Waals surface area contributed by atoms with Crippen LogP contribution in [0.25, 0.3) is 0 Å². The van der Waals surface area contributed by atoms with E-state index < -0.39 is 0 Å².